The van der Waals surface area contributed by atoms with E-state index in [1.165, 1.54) is 24.6 Å². The number of hydrogen-bond acceptors (Lipinski definition) is 6. The third-order valence-electron chi connectivity index (χ3n) is 6.39. The number of sulfonamides is 1. The van der Waals surface area contributed by atoms with Gasteiger partial charge >= 0.3 is 0 Å². The van der Waals surface area contributed by atoms with Crippen molar-refractivity contribution in [3.05, 3.63) is 18.2 Å². The quantitative estimate of drug-likeness (QED) is 0.690. The molecule has 33 heavy (non-hydrogen) atoms. The van der Waals surface area contributed by atoms with Gasteiger partial charge in [0.25, 0.3) is 0 Å². The van der Waals surface area contributed by atoms with Gasteiger partial charge in [0.1, 0.15) is 16.4 Å². The zero-order valence-electron chi connectivity index (χ0n) is 19.5. The third-order valence-corrected chi connectivity index (χ3v) is 8.31. The highest BCUT2D eigenvalue weighted by atomic mass is 32.2. The zero-order chi connectivity index (χ0) is 23.8. The molecule has 2 saturated heterocycles. The van der Waals surface area contributed by atoms with Crippen molar-refractivity contribution in [2.45, 2.75) is 49.8 Å². The van der Waals surface area contributed by atoms with Crippen LogP contribution in [0.2, 0.25) is 0 Å². The first kappa shape index (κ1) is 25.3. The number of nitrogens with zero attached hydrogens (tertiary/aromatic N) is 2. The molecular weight excluding hydrogens is 446 g/mol. The van der Waals surface area contributed by atoms with Gasteiger partial charge < -0.3 is 19.7 Å². The molecule has 0 saturated carbocycles. The van der Waals surface area contributed by atoms with Crippen LogP contribution in [0.25, 0.3) is 0 Å². The lowest BCUT2D eigenvalue weighted by atomic mass is 9.96. The third kappa shape index (κ3) is 6.38. The molecule has 1 aromatic carbocycles. The van der Waals surface area contributed by atoms with Gasteiger partial charge in [-0.2, -0.15) is 4.31 Å². The van der Waals surface area contributed by atoms with Gasteiger partial charge in [0, 0.05) is 51.1 Å². The van der Waals surface area contributed by atoms with Gasteiger partial charge in [0.15, 0.2) is 0 Å². The average molecular weight is 482 g/mol. The van der Waals surface area contributed by atoms with E-state index in [1.807, 2.05) is 0 Å². The lowest BCUT2D eigenvalue weighted by molar-refractivity contribution is -0.137. The van der Waals surface area contributed by atoms with Crippen molar-refractivity contribution in [1.29, 1.82) is 0 Å². The van der Waals surface area contributed by atoms with Gasteiger partial charge in [-0.3, -0.25) is 9.59 Å². The van der Waals surface area contributed by atoms with E-state index in [9.17, 15) is 18.0 Å². The molecular formula is C23H35N3O6S. The number of nitrogens with one attached hydrogen (secondary N) is 1. The molecule has 2 amide bonds. The summed E-state index contributed by atoms with van der Waals surface area (Å²) in [4.78, 5) is 27.1. The van der Waals surface area contributed by atoms with Crippen LogP contribution in [0.1, 0.15) is 44.9 Å². The van der Waals surface area contributed by atoms with Crippen molar-refractivity contribution in [2.75, 3.05) is 46.9 Å². The van der Waals surface area contributed by atoms with Gasteiger partial charge in [0.2, 0.25) is 21.8 Å². The fraction of sp³-hybridized carbons (Fsp3) is 0.652. The summed E-state index contributed by atoms with van der Waals surface area (Å²) in [7, 11) is -0.878. The molecule has 2 aliphatic heterocycles. The van der Waals surface area contributed by atoms with Crippen LogP contribution in [0.4, 0.5) is 0 Å². The summed E-state index contributed by atoms with van der Waals surface area (Å²) in [5.41, 5.74) is 0. The Morgan fingerprint density at radius 1 is 1.00 bits per heavy atom. The fourth-order valence-corrected chi connectivity index (χ4v) is 6.03. The molecule has 1 N–H and O–H groups in total. The lowest BCUT2D eigenvalue weighted by Crippen LogP contribution is -2.45. The molecule has 2 aliphatic rings. The van der Waals surface area contributed by atoms with Crippen LogP contribution in [0.5, 0.6) is 11.5 Å². The normalized spacial score (nSPS) is 19.9. The monoisotopic (exact) mass is 481 g/mol. The van der Waals surface area contributed by atoms with E-state index in [0.29, 0.717) is 44.6 Å². The van der Waals surface area contributed by atoms with Crippen molar-refractivity contribution in [3.63, 3.8) is 0 Å². The molecule has 0 bridgehead atoms. The maximum atomic E-state index is 13.3. The Balaban J connectivity index is 1.65. The first-order valence-electron chi connectivity index (χ1n) is 11.6. The molecule has 0 atom stereocenters. The number of carbonyl (C=O) groups is 2. The summed E-state index contributed by atoms with van der Waals surface area (Å²) in [5.74, 6) is 0.455. The molecule has 0 unspecified atom stereocenters. The highest BCUT2D eigenvalue weighted by Crippen LogP contribution is 2.33. The maximum absolute atomic E-state index is 13.3. The number of benzene rings is 1. The summed E-state index contributed by atoms with van der Waals surface area (Å²) in [6.45, 7) is 2.26. The van der Waals surface area contributed by atoms with E-state index >= 15 is 0 Å². The standard InChI is InChI=1S/C23H35N3O6S/c1-31-19-7-8-20(32-2)21(17-19)33(29,30)26-15-9-18(10-16-26)23(28)25-13-6-4-3-5-12-24-22(27)11-14-25/h7-8,17-18H,3-6,9-16H2,1-2H3,(H,24,27). The van der Waals surface area contributed by atoms with Crippen LogP contribution in [0.15, 0.2) is 23.1 Å². The maximum Gasteiger partial charge on any atom is 0.246 e. The molecule has 2 fully saturated rings. The SMILES string of the molecule is COc1ccc(OC)c(S(=O)(=O)N2CCC(C(=O)N3CCCCCCNC(=O)CC3)CC2)c1. The second-order valence-corrected chi connectivity index (χ2v) is 10.4. The first-order valence-corrected chi connectivity index (χ1v) is 13.1. The molecule has 0 aliphatic carbocycles. The minimum atomic E-state index is -3.79. The molecule has 0 spiro atoms. The smallest absolute Gasteiger partial charge is 0.246 e. The Morgan fingerprint density at radius 2 is 1.73 bits per heavy atom. The molecule has 2 heterocycles. The van der Waals surface area contributed by atoms with Crippen molar-refractivity contribution in [1.82, 2.24) is 14.5 Å². The highest BCUT2D eigenvalue weighted by molar-refractivity contribution is 7.89. The number of ether oxygens (including phenoxy) is 2. The number of hydrogen-bond donors (Lipinski definition) is 1. The molecule has 0 aromatic heterocycles. The minimum Gasteiger partial charge on any atom is -0.497 e. The van der Waals surface area contributed by atoms with Gasteiger partial charge in [-0.1, -0.05) is 12.8 Å². The Labute approximate surface area is 196 Å². The molecule has 1 aromatic rings. The number of carbonyl (C=O) groups excluding carboxylic acids is 2. The Hall–Kier alpha value is -2.33. The van der Waals surface area contributed by atoms with E-state index in [0.717, 1.165) is 25.7 Å². The largest absolute Gasteiger partial charge is 0.497 e. The number of amides is 2. The van der Waals surface area contributed by atoms with E-state index in [-0.39, 0.29) is 41.5 Å². The molecule has 9 nitrogen and oxygen atoms in total. The predicted octanol–water partition coefficient (Wildman–Crippen LogP) is 2.01. The summed E-state index contributed by atoms with van der Waals surface area (Å²) in [6, 6.07) is 4.69. The molecule has 10 heteroatoms. The second kappa shape index (κ2) is 11.7. The van der Waals surface area contributed by atoms with Crippen LogP contribution in [0.3, 0.4) is 0 Å². The van der Waals surface area contributed by atoms with E-state index in [1.54, 1.807) is 17.0 Å². The summed E-state index contributed by atoms with van der Waals surface area (Å²) in [5, 5.41) is 2.91. The highest BCUT2D eigenvalue weighted by Gasteiger charge is 2.35. The van der Waals surface area contributed by atoms with Crippen molar-refractivity contribution in [3.8, 4) is 11.5 Å². The number of piperidine rings is 1. The minimum absolute atomic E-state index is 0.0251. The summed E-state index contributed by atoms with van der Waals surface area (Å²) < 4.78 is 38.4. The van der Waals surface area contributed by atoms with Crippen molar-refractivity contribution < 1.29 is 27.5 Å². The average Bonchev–Trinajstić information content (AvgIpc) is 2.88. The Morgan fingerprint density at radius 3 is 2.42 bits per heavy atom. The van der Waals surface area contributed by atoms with Crippen LogP contribution >= 0.6 is 0 Å². The van der Waals surface area contributed by atoms with Crippen molar-refractivity contribution in [2.24, 2.45) is 5.92 Å². The van der Waals surface area contributed by atoms with Crippen LogP contribution in [-0.4, -0.2) is 76.4 Å². The van der Waals surface area contributed by atoms with E-state index in [4.69, 9.17) is 9.47 Å². The Bertz CT molecular complexity index is 928. The fourth-order valence-electron chi connectivity index (χ4n) is 4.39. The molecule has 0 radical (unpaired) electrons. The van der Waals surface area contributed by atoms with Gasteiger partial charge in [-0.25, -0.2) is 8.42 Å². The van der Waals surface area contributed by atoms with Crippen LogP contribution in [0, 0.1) is 5.92 Å². The van der Waals surface area contributed by atoms with Gasteiger partial charge in [-0.05, 0) is 37.8 Å². The van der Waals surface area contributed by atoms with Crippen LogP contribution in [-0.2, 0) is 19.6 Å². The topological polar surface area (TPSA) is 105 Å². The zero-order valence-corrected chi connectivity index (χ0v) is 20.4. The number of rotatable bonds is 5. The first-order chi connectivity index (χ1) is 15.9. The van der Waals surface area contributed by atoms with Gasteiger partial charge in [0.05, 0.1) is 14.2 Å². The Kier molecular flexibility index (Phi) is 8.96. The van der Waals surface area contributed by atoms with Crippen molar-refractivity contribution >= 4 is 21.8 Å². The summed E-state index contributed by atoms with van der Waals surface area (Å²) in [6.07, 6.45) is 5.15. The summed E-state index contributed by atoms with van der Waals surface area (Å²) >= 11 is 0. The van der Waals surface area contributed by atoms with Gasteiger partial charge in [-0.15, -0.1) is 0 Å². The molecule has 3 rings (SSSR count). The molecule has 184 valence electrons. The predicted molar refractivity (Wildman–Crippen MR) is 124 cm³/mol. The number of methoxy groups -OCH3 is 2. The van der Waals surface area contributed by atoms with Crippen LogP contribution < -0.4 is 14.8 Å². The second-order valence-electron chi connectivity index (χ2n) is 8.53. The van der Waals surface area contributed by atoms with E-state index < -0.39 is 10.0 Å². The van der Waals surface area contributed by atoms with E-state index in [2.05, 4.69) is 5.32 Å². The lowest BCUT2D eigenvalue weighted by Gasteiger charge is -2.34.